The van der Waals surface area contributed by atoms with E-state index in [2.05, 4.69) is 15.0 Å². The Morgan fingerprint density at radius 1 is 1.04 bits per heavy atom. The minimum Gasteiger partial charge on any atom is -0.321 e. The SMILES string of the molecule is N#Cc1ccccc1NC(=O)c1cccc(S(=O)(=O)NCc2ccncc2)c1. The Labute approximate surface area is 162 Å². The number of aromatic nitrogens is 1. The second-order valence-corrected chi connectivity index (χ2v) is 7.59. The summed E-state index contributed by atoms with van der Waals surface area (Å²) in [6.45, 7) is 0.108. The molecule has 0 saturated heterocycles. The van der Waals surface area contributed by atoms with Crippen LogP contribution in [0.4, 0.5) is 5.69 Å². The predicted octanol–water partition coefficient (Wildman–Crippen LogP) is 2.68. The molecule has 0 unspecified atom stereocenters. The first-order chi connectivity index (χ1) is 13.5. The van der Waals surface area contributed by atoms with Gasteiger partial charge in [-0.2, -0.15) is 5.26 Å². The van der Waals surface area contributed by atoms with Crippen molar-refractivity contribution in [2.24, 2.45) is 0 Å². The van der Waals surface area contributed by atoms with Gasteiger partial charge in [0, 0.05) is 24.5 Å². The van der Waals surface area contributed by atoms with Crippen molar-refractivity contribution in [3.63, 3.8) is 0 Å². The molecule has 0 bridgehead atoms. The molecule has 140 valence electrons. The largest absolute Gasteiger partial charge is 0.321 e. The Morgan fingerprint density at radius 3 is 2.54 bits per heavy atom. The monoisotopic (exact) mass is 392 g/mol. The maximum atomic E-state index is 12.5. The van der Waals surface area contributed by atoms with Gasteiger partial charge in [-0.1, -0.05) is 18.2 Å². The van der Waals surface area contributed by atoms with Gasteiger partial charge in [-0.15, -0.1) is 0 Å². The van der Waals surface area contributed by atoms with Crippen molar-refractivity contribution >= 4 is 21.6 Å². The molecule has 0 saturated carbocycles. The van der Waals surface area contributed by atoms with Gasteiger partial charge < -0.3 is 5.32 Å². The molecule has 1 heterocycles. The van der Waals surface area contributed by atoms with Crippen LogP contribution >= 0.6 is 0 Å². The molecule has 2 aromatic carbocycles. The molecule has 0 aliphatic rings. The smallest absolute Gasteiger partial charge is 0.255 e. The Hall–Kier alpha value is -3.54. The fourth-order valence-corrected chi connectivity index (χ4v) is 3.51. The average molecular weight is 392 g/mol. The number of nitriles is 1. The third kappa shape index (κ3) is 4.59. The normalized spacial score (nSPS) is 10.8. The topological polar surface area (TPSA) is 112 Å². The van der Waals surface area contributed by atoms with Crippen LogP contribution in [0, 0.1) is 11.3 Å². The molecule has 3 rings (SSSR count). The number of para-hydroxylation sites is 1. The number of nitrogens with one attached hydrogen (secondary N) is 2. The van der Waals surface area contributed by atoms with E-state index in [9.17, 15) is 13.2 Å². The average Bonchev–Trinajstić information content (AvgIpc) is 2.73. The number of carbonyl (C=O) groups is 1. The molecule has 28 heavy (non-hydrogen) atoms. The summed E-state index contributed by atoms with van der Waals surface area (Å²) in [6, 6.07) is 17.7. The molecule has 0 fully saturated rings. The van der Waals surface area contributed by atoms with Crippen LogP contribution in [0.2, 0.25) is 0 Å². The zero-order valence-corrected chi connectivity index (χ0v) is 15.5. The highest BCUT2D eigenvalue weighted by molar-refractivity contribution is 7.89. The molecular formula is C20H16N4O3S. The van der Waals surface area contributed by atoms with Gasteiger partial charge in [0.15, 0.2) is 0 Å². The van der Waals surface area contributed by atoms with E-state index in [4.69, 9.17) is 5.26 Å². The highest BCUT2D eigenvalue weighted by Gasteiger charge is 2.17. The Bertz CT molecular complexity index is 1140. The molecule has 2 N–H and O–H groups in total. The number of pyridine rings is 1. The standard InChI is InChI=1S/C20H16N4O3S/c21-13-17-4-1-2-7-19(17)24-20(25)16-5-3-6-18(12-16)28(26,27)23-14-15-8-10-22-11-9-15/h1-12,23H,14H2,(H,24,25). The van der Waals surface area contributed by atoms with Gasteiger partial charge in [-0.25, -0.2) is 13.1 Å². The van der Waals surface area contributed by atoms with Crippen molar-refractivity contribution in [3.05, 3.63) is 89.7 Å². The van der Waals surface area contributed by atoms with E-state index in [0.29, 0.717) is 11.3 Å². The van der Waals surface area contributed by atoms with Gasteiger partial charge in [0.05, 0.1) is 16.1 Å². The number of hydrogen-bond donors (Lipinski definition) is 2. The van der Waals surface area contributed by atoms with Crippen molar-refractivity contribution in [2.75, 3.05) is 5.32 Å². The molecular weight excluding hydrogens is 376 g/mol. The van der Waals surface area contributed by atoms with Crippen molar-refractivity contribution in [3.8, 4) is 6.07 Å². The molecule has 8 heteroatoms. The summed E-state index contributed by atoms with van der Waals surface area (Å²) in [7, 11) is -3.80. The van der Waals surface area contributed by atoms with Gasteiger partial charge in [-0.05, 0) is 48.0 Å². The minimum absolute atomic E-state index is 0.0252. The maximum absolute atomic E-state index is 12.5. The van der Waals surface area contributed by atoms with Crippen molar-refractivity contribution in [2.45, 2.75) is 11.4 Å². The number of benzene rings is 2. The molecule has 7 nitrogen and oxygen atoms in total. The molecule has 1 aromatic heterocycles. The Balaban J connectivity index is 1.77. The van der Waals surface area contributed by atoms with Crippen LogP contribution < -0.4 is 10.0 Å². The highest BCUT2D eigenvalue weighted by Crippen LogP contribution is 2.17. The van der Waals surface area contributed by atoms with Crippen LogP contribution in [0.25, 0.3) is 0 Å². The predicted molar refractivity (Wildman–Crippen MR) is 104 cm³/mol. The van der Waals surface area contributed by atoms with E-state index < -0.39 is 15.9 Å². The van der Waals surface area contributed by atoms with E-state index in [1.54, 1.807) is 48.8 Å². The van der Waals surface area contributed by atoms with Crippen LogP contribution in [-0.2, 0) is 16.6 Å². The zero-order chi connectivity index (χ0) is 20.0. The van der Waals surface area contributed by atoms with E-state index >= 15 is 0 Å². The van der Waals surface area contributed by atoms with E-state index in [-0.39, 0.29) is 17.0 Å². The van der Waals surface area contributed by atoms with Gasteiger partial charge in [-0.3, -0.25) is 9.78 Å². The summed E-state index contributed by atoms with van der Waals surface area (Å²) in [5.41, 5.74) is 1.61. The summed E-state index contributed by atoms with van der Waals surface area (Å²) in [4.78, 5) is 16.4. The Kier molecular flexibility index (Phi) is 5.79. The quantitative estimate of drug-likeness (QED) is 0.670. The number of rotatable bonds is 6. The fourth-order valence-electron chi connectivity index (χ4n) is 2.45. The van der Waals surface area contributed by atoms with Crippen LogP contribution in [0.15, 0.2) is 78.0 Å². The molecule has 0 aliphatic heterocycles. The lowest BCUT2D eigenvalue weighted by molar-refractivity contribution is 0.102. The summed E-state index contributed by atoms with van der Waals surface area (Å²) < 4.78 is 27.6. The van der Waals surface area contributed by atoms with Gasteiger partial charge in [0.25, 0.3) is 5.91 Å². The van der Waals surface area contributed by atoms with Crippen molar-refractivity contribution in [1.82, 2.24) is 9.71 Å². The van der Waals surface area contributed by atoms with E-state index in [0.717, 1.165) is 5.56 Å². The Morgan fingerprint density at radius 2 is 1.79 bits per heavy atom. The van der Waals surface area contributed by atoms with Gasteiger partial charge in [0.2, 0.25) is 10.0 Å². The number of sulfonamides is 1. The number of hydrogen-bond acceptors (Lipinski definition) is 5. The van der Waals surface area contributed by atoms with Crippen molar-refractivity contribution in [1.29, 1.82) is 5.26 Å². The first-order valence-electron chi connectivity index (χ1n) is 8.29. The second kappa shape index (κ2) is 8.43. The lowest BCUT2D eigenvalue weighted by atomic mass is 10.1. The second-order valence-electron chi connectivity index (χ2n) is 5.82. The molecule has 1 amide bonds. The number of amides is 1. The summed E-state index contributed by atoms with van der Waals surface area (Å²) >= 11 is 0. The number of carbonyl (C=O) groups excluding carboxylic acids is 1. The minimum atomic E-state index is -3.80. The molecule has 0 radical (unpaired) electrons. The number of nitrogens with zero attached hydrogens (tertiary/aromatic N) is 2. The summed E-state index contributed by atoms with van der Waals surface area (Å²) in [5, 5.41) is 11.7. The van der Waals surface area contributed by atoms with E-state index in [1.165, 1.54) is 24.3 Å². The molecule has 0 atom stereocenters. The van der Waals surface area contributed by atoms with Crippen LogP contribution in [0.1, 0.15) is 21.5 Å². The molecule has 0 spiro atoms. The van der Waals surface area contributed by atoms with Gasteiger partial charge >= 0.3 is 0 Å². The summed E-state index contributed by atoms with van der Waals surface area (Å²) in [6.07, 6.45) is 3.15. The first kappa shape index (κ1) is 19.2. The first-order valence-corrected chi connectivity index (χ1v) is 9.77. The maximum Gasteiger partial charge on any atom is 0.255 e. The molecule has 3 aromatic rings. The fraction of sp³-hybridized carbons (Fsp3) is 0.0500. The lowest BCUT2D eigenvalue weighted by Gasteiger charge is -2.10. The van der Waals surface area contributed by atoms with Crippen molar-refractivity contribution < 1.29 is 13.2 Å². The third-order valence-corrected chi connectivity index (χ3v) is 5.32. The van der Waals surface area contributed by atoms with Gasteiger partial charge in [0.1, 0.15) is 6.07 Å². The lowest BCUT2D eigenvalue weighted by Crippen LogP contribution is -2.23. The van der Waals surface area contributed by atoms with E-state index in [1.807, 2.05) is 6.07 Å². The molecule has 0 aliphatic carbocycles. The summed E-state index contributed by atoms with van der Waals surface area (Å²) in [5.74, 6) is -0.506. The zero-order valence-electron chi connectivity index (χ0n) is 14.7. The van der Waals surface area contributed by atoms with Crippen LogP contribution in [0.5, 0.6) is 0 Å². The third-order valence-electron chi connectivity index (χ3n) is 3.92. The highest BCUT2D eigenvalue weighted by atomic mass is 32.2. The number of anilines is 1. The van der Waals surface area contributed by atoms with Crippen LogP contribution in [-0.4, -0.2) is 19.3 Å². The van der Waals surface area contributed by atoms with Crippen LogP contribution in [0.3, 0.4) is 0 Å².